The van der Waals surface area contributed by atoms with Crippen LogP contribution in [0.1, 0.15) is 6.92 Å². The topological polar surface area (TPSA) is 82.1 Å². The van der Waals surface area contributed by atoms with E-state index in [0.29, 0.717) is 0 Å². The first-order valence-corrected chi connectivity index (χ1v) is 5.38. The lowest BCUT2D eigenvalue weighted by atomic mass is 10.3. The predicted octanol–water partition coefficient (Wildman–Crippen LogP) is 0.621. The molecule has 7 heteroatoms. The van der Waals surface area contributed by atoms with E-state index in [1.54, 1.807) is 0 Å². The lowest BCUT2D eigenvalue weighted by Crippen LogP contribution is -2.20. The third-order valence-corrected chi connectivity index (χ3v) is 2.49. The Balaban J connectivity index is 2.31. The number of ether oxygens (including phenoxy) is 1. The molecule has 1 fully saturated rings. The first-order valence-electron chi connectivity index (χ1n) is 3.89. The van der Waals surface area contributed by atoms with Crippen LogP contribution in [0.2, 0.25) is 0 Å². The predicted molar refractivity (Wildman–Crippen MR) is 46.4 cm³/mol. The number of hydrogen-bond acceptors (Lipinski definition) is 5. The second-order valence-electron chi connectivity index (χ2n) is 2.87. The van der Waals surface area contributed by atoms with Crippen LogP contribution in [0.3, 0.4) is 0 Å². The number of carbonyl (C=O) groups excluding carboxylic acids is 1. The van der Waals surface area contributed by atoms with Crippen molar-refractivity contribution in [2.45, 2.75) is 13.0 Å². The second-order valence-corrected chi connectivity index (χ2v) is 4.28. The molecular weight excluding hydrogens is 211 g/mol. The van der Waals surface area contributed by atoms with E-state index in [4.69, 9.17) is 9.63 Å². The molecule has 0 saturated carbocycles. The zero-order valence-corrected chi connectivity index (χ0v) is 8.53. The third-order valence-electron chi connectivity index (χ3n) is 1.45. The highest BCUT2D eigenvalue weighted by molar-refractivity contribution is 7.47. The fraction of sp³-hybridized carbons (Fsp3) is 0.571. The molecule has 1 rings (SSSR count). The lowest BCUT2D eigenvalue weighted by molar-refractivity contribution is -0.141. The molecule has 1 saturated heterocycles. The van der Waals surface area contributed by atoms with Gasteiger partial charge >= 0.3 is 13.8 Å². The van der Waals surface area contributed by atoms with Crippen LogP contribution in [0.5, 0.6) is 0 Å². The standard InChI is InChI=1S/C7H11O6P/c1-5(2)7(8)11-3-6-4-12-14(9,10)13-6/h6H,1,3-4H2,2H3,(H,9,10). The van der Waals surface area contributed by atoms with E-state index in [2.05, 4.69) is 15.6 Å². The van der Waals surface area contributed by atoms with Gasteiger partial charge in [-0.25, -0.2) is 9.36 Å². The van der Waals surface area contributed by atoms with Gasteiger partial charge in [0.15, 0.2) is 0 Å². The van der Waals surface area contributed by atoms with Crippen molar-refractivity contribution in [3.63, 3.8) is 0 Å². The largest absolute Gasteiger partial charge is 0.472 e. The number of esters is 1. The number of phosphoric ester groups is 1. The minimum Gasteiger partial charge on any atom is -0.459 e. The summed E-state index contributed by atoms with van der Waals surface area (Å²) in [5.41, 5.74) is 0.260. The highest BCUT2D eigenvalue weighted by atomic mass is 31.2. The van der Waals surface area contributed by atoms with Gasteiger partial charge < -0.3 is 9.63 Å². The molecule has 0 aromatic heterocycles. The van der Waals surface area contributed by atoms with E-state index < -0.39 is 19.9 Å². The number of carbonyl (C=O) groups is 1. The maximum atomic E-state index is 10.9. The third kappa shape index (κ3) is 3.23. The Morgan fingerprint density at radius 2 is 2.43 bits per heavy atom. The minimum atomic E-state index is -3.90. The summed E-state index contributed by atoms with van der Waals surface area (Å²) in [4.78, 5) is 19.7. The Kier molecular flexibility index (Phi) is 3.44. The van der Waals surface area contributed by atoms with E-state index in [0.717, 1.165) is 0 Å². The van der Waals surface area contributed by atoms with Gasteiger partial charge in [0.2, 0.25) is 0 Å². The molecule has 0 amide bonds. The maximum absolute atomic E-state index is 10.9. The fourth-order valence-electron chi connectivity index (χ4n) is 0.797. The first kappa shape index (κ1) is 11.4. The van der Waals surface area contributed by atoms with E-state index in [-0.39, 0.29) is 18.8 Å². The van der Waals surface area contributed by atoms with Gasteiger partial charge in [0, 0.05) is 5.57 Å². The molecule has 0 aliphatic carbocycles. The van der Waals surface area contributed by atoms with Crippen molar-refractivity contribution >= 4 is 13.8 Å². The van der Waals surface area contributed by atoms with Gasteiger partial charge in [-0.2, -0.15) is 0 Å². The van der Waals surface area contributed by atoms with E-state index in [9.17, 15) is 9.36 Å². The molecular formula is C7H11O6P. The Morgan fingerprint density at radius 1 is 1.79 bits per heavy atom. The molecule has 1 aliphatic rings. The van der Waals surface area contributed by atoms with Gasteiger partial charge in [-0.1, -0.05) is 6.58 Å². The smallest absolute Gasteiger partial charge is 0.459 e. The molecule has 0 radical (unpaired) electrons. The molecule has 0 spiro atoms. The molecule has 0 bridgehead atoms. The fourth-order valence-corrected chi connectivity index (χ4v) is 1.71. The quantitative estimate of drug-likeness (QED) is 0.428. The first-order chi connectivity index (χ1) is 6.41. The molecule has 6 nitrogen and oxygen atoms in total. The highest BCUT2D eigenvalue weighted by Crippen LogP contribution is 2.49. The molecule has 2 unspecified atom stereocenters. The monoisotopic (exact) mass is 222 g/mol. The molecule has 1 aliphatic heterocycles. The van der Waals surface area contributed by atoms with Crippen molar-refractivity contribution in [3.05, 3.63) is 12.2 Å². The summed E-state index contributed by atoms with van der Waals surface area (Å²) in [5, 5.41) is 0. The summed E-state index contributed by atoms with van der Waals surface area (Å²) in [6.07, 6.45) is -0.686. The number of phosphoric acid groups is 1. The molecule has 1 heterocycles. The van der Waals surface area contributed by atoms with Gasteiger partial charge in [0.1, 0.15) is 12.7 Å². The minimum absolute atomic E-state index is 0.0583. The molecule has 1 N–H and O–H groups in total. The number of rotatable bonds is 3. The Bertz CT molecular complexity index is 299. The zero-order chi connectivity index (χ0) is 10.8. The second kappa shape index (κ2) is 4.23. The normalized spacial score (nSPS) is 31.4. The van der Waals surface area contributed by atoms with Crippen molar-refractivity contribution in [1.82, 2.24) is 0 Å². The van der Waals surface area contributed by atoms with Crippen LogP contribution in [0.15, 0.2) is 12.2 Å². The summed E-state index contributed by atoms with van der Waals surface area (Å²) in [7, 11) is -3.90. The van der Waals surface area contributed by atoms with Crippen molar-refractivity contribution in [3.8, 4) is 0 Å². The van der Waals surface area contributed by atoms with Crippen molar-refractivity contribution in [2.24, 2.45) is 0 Å². The van der Waals surface area contributed by atoms with E-state index >= 15 is 0 Å². The summed E-state index contributed by atoms with van der Waals surface area (Å²) in [6.45, 7) is 4.71. The lowest BCUT2D eigenvalue weighted by Gasteiger charge is -2.07. The average Bonchev–Trinajstić information content (AvgIpc) is 2.41. The summed E-state index contributed by atoms with van der Waals surface area (Å²) >= 11 is 0. The van der Waals surface area contributed by atoms with Gasteiger partial charge in [0.25, 0.3) is 0 Å². The van der Waals surface area contributed by atoms with Crippen LogP contribution in [-0.2, 0) is 23.1 Å². The van der Waals surface area contributed by atoms with E-state index in [1.165, 1.54) is 6.92 Å². The summed E-state index contributed by atoms with van der Waals surface area (Å²) in [6, 6.07) is 0. The SMILES string of the molecule is C=C(C)C(=O)OCC1COP(=O)(O)O1. The van der Waals surface area contributed by atoms with Crippen LogP contribution in [0.4, 0.5) is 0 Å². The Hall–Kier alpha value is -0.680. The molecule has 0 aromatic carbocycles. The Labute approximate surface area is 81.1 Å². The van der Waals surface area contributed by atoms with Crippen LogP contribution >= 0.6 is 7.82 Å². The van der Waals surface area contributed by atoms with Gasteiger partial charge in [-0.05, 0) is 6.92 Å². The van der Waals surface area contributed by atoms with Crippen LogP contribution in [0.25, 0.3) is 0 Å². The van der Waals surface area contributed by atoms with Crippen LogP contribution < -0.4 is 0 Å². The summed E-state index contributed by atoms with van der Waals surface area (Å²) in [5.74, 6) is -0.562. The molecule has 14 heavy (non-hydrogen) atoms. The zero-order valence-electron chi connectivity index (χ0n) is 7.63. The number of hydrogen-bond donors (Lipinski definition) is 1. The van der Waals surface area contributed by atoms with E-state index in [1.807, 2.05) is 0 Å². The molecule has 80 valence electrons. The van der Waals surface area contributed by atoms with Crippen LogP contribution in [0, 0.1) is 0 Å². The van der Waals surface area contributed by atoms with Crippen molar-refractivity contribution in [2.75, 3.05) is 13.2 Å². The molecule has 0 aromatic rings. The Morgan fingerprint density at radius 3 is 2.86 bits per heavy atom. The van der Waals surface area contributed by atoms with Crippen molar-refractivity contribution in [1.29, 1.82) is 0 Å². The van der Waals surface area contributed by atoms with Gasteiger partial charge in [0.05, 0.1) is 6.61 Å². The van der Waals surface area contributed by atoms with Crippen LogP contribution in [-0.4, -0.2) is 30.2 Å². The summed E-state index contributed by atoms with van der Waals surface area (Å²) < 4.78 is 24.4. The van der Waals surface area contributed by atoms with Crippen molar-refractivity contribution < 1.29 is 28.0 Å². The van der Waals surface area contributed by atoms with Gasteiger partial charge in [-0.3, -0.25) is 9.05 Å². The highest BCUT2D eigenvalue weighted by Gasteiger charge is 2.35. The molecule has 2 atom stereocenters. The average molecular weight is 222 g/mol. The maximum Gasteiger partial charge on any atom is 0.472 e. The van der Waals surface area contributed by atoms with Gasteiger partial charge in [-0.15, -0.1) is 0 Å².